The van der Waals surface area contributed by atoms with E-state index in [4.69, 9.17) is 9.72 Å². The fraction of sp³-hybridized carbons (Fsp3) is 0.652. The van der Waals surface area contributed by atoms with Gasteiger partial charge in [-0.25, -0.2) is 4.98 Å². The lowest BCUT2D eigenvalue weighted by atomic mass is 9.97. The summed E-state index contributed by atoms with van der Waals surface area (Å²) >= 11 is 0. The predicted molar refractivity (Wildman–Crippen MR) is 116 cm³/mol. The molecule has 0 radical (unpaired) electrons. The lowest BCUT2D eigenvalue weighted by Gasteiger charge is -2.36. The van der Waals surface area contributed by atoms with Crippen molar-refractivity contribution >= 4 is 17.6 Å². The van der Waals surface area contributed by atoms with Gasteiger partial charge in [-0.05, 0) is 49.1 Å². The minimum absolute atomic E-state index is 0.0130. The van der Waals surface area contributed by atoms with Crippen molar-refractivity contribution in [1.29, 1.82) is 5.26 Å². The lowest BCUT2D eigenvalue weighted by Crippen LogP contribution is -2.53. The highest BCUT2D eigenvalue weighted by atomic mass is 16.5. The van der Waals surface area contributed by atoms with Gasteiger partial charge in [0.1, 0.15) is 11.9 Å². The van der Waals surface area contributed by atoms with E-state index in [9.17, 15) is 14.9 Å². The Kier molecular flexibility index (Phi) is 6.42. The van der Waals surface area contributed by atoms with Crippen LogP contribution in [0.5, 0.6) is 0 Å². The van der Waals surface area contributed by atoms with Crippen LogP contribution in [0.15, 0.2) is 0 Å². The van der Waals surface area contributed by atoms with Crippen molar-refractivity contribution in [3.8, 4) is 6.07 Å². The Labute approximate surface area is 183 Å². The van der Waals surface area contributed by atoms with E-state index in [0.29, 0.717) is 44.2 Å². The number of hydrogen-bond acceptors (Lipinski definition) is 6. The monoisotopic (exact) mass is 425 g/mol. The molecule has 1 unspecified atom stereocenters. The number of fused-ring (bicyclic) bond motifs is 1. The summed E-state index contributed by atoms with van der Waals surface area (Å²) in [6, 6.07) is 2.39. The number of anilines is 1. The average molecular weight is 426 g/mol. The summed E-state index contributed by atoms with van der Waals surface area (Å²) in [5.74, 6) is -0.0297. The topological polar surface area (TPSA) is 98.6 Å². The molecular formula is C23H31N5O3. The van der Waals surface area contributed by atoms with Gasteiger partial charge in [-0.3, -0.25) is 9.59 Å². The van der Waals surface area contributed by atoms with E-state index in [1.54, 1.807) is 4.90 Å². The smallest absolute Gasteiger partial charge is 0.312 e. The summed E-state index contributed by atoms with van der Waals surface area (Å²) in [6.45, 7) is 7.37. The van der Waals surface area contributed by atoms with Crippen molar-refractivity contribution < 1.29 is 14.3 Å². The lowest BCUT2D eigenvalue weighted by molar-refractivity contribution is -0.146. The summed E-state index contributed by atoms with van der Waals surface area (Å²) in [6.07, 6.45) is 4.92. The molecule has 4 rings (SSSR count). The largest absolute Gasteiger partial charge is 0.376 e. The summed E-state index contributed by atoms with van der Waals surface area (Å²) in [5, 5.41) is 12.6. The second-order valence-electron chi connectivity index (χ2n) is 8.90. The van der Waals surface area contributed by atoms with Crippen molar-refractivity contribution in [2.24, 2.45) is 0 Å². The summed E-state index contributed by atoms with van der Waals surface area (Å²) in [5.41, 5.74) is 4.19. The number of aromatic nitrogens is 1. The first kappa shape index (κ1) is 21.6. The molecule has 0 aromatic carbocycles. The minimum Gasteiger partial charge on any atom is -0.376 e. The summed E-state index contributed by atoms with van der Waals surface area (Å²) < 4.78 is 5.49. The molecule has 2 amide bonds. The average Bonchev–Trinajstić information content (AvgIpc) is 3.48. The molecule has 1 N–H and O–H groups in total. The maximum Gasteiger partial charge on any atom is 0.312 e. The van der Waals surface area contributed by atoms with Gasteiger partial charge in [0, 0.05) is 45.0 Å². The number of nitrogens with one attached hydrogen (secondary N) is 1. The number of amides is 2. The summed E-state index contributed by atoms with van der Waals surface area (Å²) in [7, 11) is 0. The molecule has 0 spiro atoms. The number of carbonyl (C=O) groups excluding carboxylic acids is 2. The molecule has 3 heterocycles. The summed E-state index contributed by atoms with van der Waals surface area (Å²) in [4.78, 5) is 33.4. The van der Waals surface area contributed by atoms with Crippen LogP contribution in [-0.2, 0) is 27.2 Å². The Hall–Kier alpha value is -2.66. The molecule has 2 fully saturated rings. The predicted octanol–water partition coefficient (Wildman–Crippen LogP) is 1.51. The Morgan fingerprint density at radius 2 is 1.94 bits per heavy atom. The fourth-order valence-electron chi connectivity index (χ4n) is 4.85. The molecule has 31 heavy (non-hydrogen) atoms. The van der Waals surface area contributed by atoms with Crippen LogP contribution in [0.25, 0.3) is 0 Å². The normalized spacial score (nSPS) is 20.6. The molecule has 166 valence electrons. The quantitative estimate of drug-likeness (QED) is 0.735. The number of nitriles is 1. The van der Waals surface area contributed by atoms with Crippen molar-refractivity contribution in [2.45, 2.75) is 58.0 Å². The van der Waals surface area contributed by atoms with Crippen LogP contribution < -0.4 is 10.2 Å². The Morgan fingerprint density at radius 3 is 2.58 bits per heavy atom. The zero-order valence-corrected chi connectivity index (χ0v) is 18.4. The number of rotatable bonds is 4. The molecule has 8 nitrogen and oxygen atoms in total. The highest BCUT2D eigenvalue weighted by molar-refractivity contribution is 6.35. The molecule has 8 heteroatoms. The maximum atomic E-state index is 12.6. The van der Waals surface area contributed by atoms with Gasteiger partial charge in [0.05, 0.1) is 11.7 Å². The van der Waals surface area contributed by atoms with Crippen molar-refractivity contribution in [3.05, 3.63) is 22.4 Å². The van der Waals surface area contributed by atoms with Gasteiger partial charge in [-0.15, -0.1) is 0 Å². The zero-order valence-electron chi connectivity index (χ0n) is 18.4. The third kappa shape index (κ3) is 4.38. The Balaban J connectivity index is 1.42. The molecule has 0 saturated carbocycles. The van der Waals surface area contributed by atoms with Crippen molar-refractivity contribution in [1.82, 2.24) is 15.2 Å². The third-order valence-electron chi connectivity index (χ3n) is 6.51. The van der Waals surface area contributed by atoms with Crippen LogP contribution in [0, 0.1) is 11.3 Å². The highest BCUT2D eigenvalue weighted by Gasteiger charge is 2.31. The van der Waals surface area contributed by atoms with Crippen LogP contribution in [0.2, 0.25) is 0 Å². The van der Waals surface area contributed by atoms with E-state index >= 15 is 0 Å². The van der Waals surface area contributed by atoms with Gasteiger partial charge in [0.15, 0.2) is 0 Å². The Morgan fingerprint density at radius 1 is 1.19 bits per heavy atom. The number of nitrogens with zero attached hydrogens (tertiary/aromatic N) is 4. The van der Waals surface area contributed by atoms with E-state index in [1.807, 2.05) is 0 Å². The molecule has 0 bridgehead atoms. The molecule has 1 aliphatic carbocycles. The van der Waals surface area contributed by atoms with Crippen LogP contribution in [-0.4, -0.2) is 67.1 Å². The molecule has 1 aromatic heterocycles. The first-order valence-corrected chi connectivity index (χ1v) is 11.4. The van der Waals surface area contributed by atoms with E-state index in [2.05, 4.69) is 30.1 Å². The third-order valence-corrected chi connectivity index (χ3v) is 6.51. The van der Waals surface area contributed by atoms with Crippen LogP contribution in [0.4, 0.5) is 5.82 Å². The van der Waals surface area contributed by atoms with Gasteiger partial charge in [0.2, 0.25) is 0 Å². The number of ether oxygens (including phenoxy) is 1. The van der Waals surface area contributed by atoms with Crippen molar-refractivity contribution in [3.63, 3.8) is 0 Å². The molecule has 1 atom stereocenters. The molecule has 3 aliphatic rings. The van der Waals surface area contributed by atoms with Gasteiger partial charge in [-0.1, -0.05) is 13.8 Å². The van der Waals surface area contributed by atoms with E-state index < -0.39 is 11.8 Å². The van der Waals surface area contributed by atoms with E-state index in [-0.39, 0.29) is 6.10 Å². The van der Waals surface area contributed by atoms with Gasteiger partial charge < -0.3 is 19.9 Å². The number of hydrogen-bond donors (Lipinski definition) is 1. The zero-order chi connectivity index (χ0) is 22.0. The van der Waals surface area contributed by atoms with Crippen LogP contribution >= 0.6 is 0 Å². The van der Waals surface area contributed by atoms with Gasteiger partial charge >= 0.3 is 11.8 Å². The second-order valence-corrected chi connectivity index (χ2v) is 8.90. The first-order chi connectivity index (χ1) is 15.0. The maximum absolute atomic E-state index is 12.6. The minimum atomic E-state index is -0.570. The molecular weight excluding hydrogens is 394 g/mol. The SMILES string of the molecule is CC(C)c1nc(N2CCN(C(=O)C(=O)NCC3CCCO3)CC2)c(C#N)c2c1CCC2. The van der Waals surface area contributed by atoms with E-state index in [1.165, 1.54) is 5.56 Å². The fourth-order valence-corrected chi connectivity index (χ4v) is 4.85. The van der Waals surface area contributed by atoms with Crippen molar-refractivity contribution in [2.75, 3.05) is 44.2 Å². The highest BCUT2D eigenvalue weighted by Crippen LogP contribution is 2.35. The number of pyridine rings is 1. The second kappa shape index (κ2) is 9.23. The first-order valence-electron chi connectivity index (χ1n) is 11.4. The van der Waals surface area contributed by atoms with Gasteiger partial charge in [0.25, 0.3) is 0 Å². The molecule has 2 saturated heterocycles. The van der Waals surface area contributed by atoms with Gasteiger partial charge in [-0.2, -0.15) is 5.26 Å². The van der Waals surface area contributed by atoms with Crippen LogP contribution in [0.3, 0.4) is 0 Å². The molecule has 2 aliphatic heterocycles. The Bertz CT molecular complexity index is 893. The number of carbonyl (C=O) groups is 2. The van der Waals surface area contributed by atoms with Crippen LogP contribution in [0.1, 0.15) is 61.4 Å². The molecule has 1 aromatic rings. The van der Waals surface area contributed by atoms with E-state index in [0.717, 1.165) is 55.8 Å². The standard InChI is InChI=1S/C23H31N5O3/c1-15(2)20-18-7-3-6-17(18)19(13-24)21(26-20)27-8-10-28(11-9-27)23(30)22(29)25-14-16-5-4-12-31-16/h15-16H,3-12,14H2,1-2H3,(H,25,29). The number of piperazine rings is 1.